The number of fused-ring (bicyclic) bond motifs is 1. The molecule has 2 unspecified atom stereocenters. The van der Waals surface area contributed by atoms with Crippen LogP contribution in [0, 0.1) is 23.2 Å². The van der Waals surface area contributed by atoms with Gasteiger partial charge < -0.3 is 15.4 Å². The molecule has 33 heavy (non-hydrogen) atoms. The second-order valence-corrected chi connectivity index (χ2v) is 11.1. The summed E-state index contributed by atoms with van der Waals surface area (Å²) in [7, 11) is 1.74. The number of nitrogens with zero attached hydrogens (tertiary/aromatic N) is 3. The molecule has 1 saturated heterocycles. The van der Waals surface area contributed by atoms with E-state index in [1.807, 2.05) is 12.1 Å². The molecule has 5 fully saturated rings. The van der Waals surface area contributed by atoms with Gasteiger partial charge >= 0.3 is 11.8 Å². The molecule has 1 aliphatic heterocycles. The predicted molar refractivity (Wildman–Crippen MR) is 123 cm³/mol. The molecule has 4 bridgehead atoms. The van der Waals surface area contributed by atoms with Crippen molar-refractivity contribution in [3.05, 3.63) is 33.7 Å². The summed E-state index contributed by atoms with van der Waals surface area (Å²) in [6, 6.07) is 5.35. The van der Waals surface area contributed by atoms with Crippen molar-refractivity contribution in [3.8, 4) is 0 Å². The number of aromatic nitrogens is 2. The van der Waals surface area contributed by atoms with Crippen LogP contribution in [0.3, 0.4) is 0 Å². The number of rotatable bonds is 3. The average Bonchev–Trinajstić information content (AvgIpc) is 3.35. The van der Waals surface area contributed by atoms with E-state index in [2.05, 4.69) is 0 Å². The highest BCUT2D eigenvalue weighted by Gasteiger charge is 2.59. The second kappa shape index (κ2) is 7.26. The van der Waals surface area contributed by atoms with Gasteiger partial charge in [0.25, 0.3) is 0 Å². The van der Waals surface area contributed by atoms with E-state index in [-0.39, 0.29) is 41.7 Å². The number of aryl methyl sites for hydroxylation is 1. The van der Waals surface area contributed by atoms with E-state index in [1.54, 1.807) is 27.1 Å². The van der Waals surface area contributed by atoms with Gasteiger partial charge in [-0.15, -0.1) is 0 Å². The fourth-order valence-electron chi connectivity index (χ4n) is 7.49. The van der Waals surface area contributed by atoms with E-state index in [0.29, 0.717) is 36.0 Å². The van der Waals surface area contributed by atoms with Crippen LogP contribution in [0.5, 0.6) is 0 Å². The third kappa shape index (κ3) is 3.06. The van der Waals surface area contributed by atoms with Crippen molar-refractivity contribution in [2.24, 2.45) is 36.0 Å². The van der Waals surface area contributed by atoms with Gasteiger partial charge in [0.2, 0.25) is 5.91 Å². The smallest absolute Gasteiger partial charge is 0.410 e. The molecule has 1 aromatic carbocycles. The lowest BCUT2D eigenvalue weighted by atomic mass is 9.48. The number of likely N-dealkylation sites (tertiary alicyclic amines) is 1. The van der Waals surface area contributed by atoms with Crippen molar-refractivity contribution in [2.75, 3.05) is 13.1 Å². The zero-order valence-electron chi connectivity index (χ0n) is 18.7. The Morgan fingerprint density at radius 2 is 1.91 bits per heavy atom. The van der Waals surface area contributed by atoms with Crippen LogP contribution in [-0.4, -0.2) is 45.2 Å². The molecule has 0 spiro atoms. The third-order valence-corrected chi connectivity index (χ3v) is 9.10. The Bertz CT molecular complexity index is 1200. The van der Waals surface area contributed by atoms with Crippen LogP contribution in [0.1, 0.15) is 44.6 Å². The minimum atomic E-state index is -0.396. The number of amides is 2. The number of carbonyl (C=O) groups is 2. The van der Waals surface area contributed by atoms with Gasteiger partial charge in [-0.3, -0.25) is 13.9 Å². The molecule has 5 aliphatic rings. The Kier molecular flexibility index (Phi) is 4.64. The Labute approximate surface area is 196 Å². The van der Waals surface area contributed by atoms with Gasteiger partial charge in [0, 0.05) is 20.1 Å². The molecule has 4 saturated carbocycles. The molecule has 7 rings (SSSR count). The van der Waals surface area contributed by atoms with Crippen LogP contribution in [-0.2, 0) is 16.6 Å². The maximum atomic E-state index is 13.1. The van der Waals surface area contributed by atoms with E-state index in [4.69, 9.17) is 22.1 Å². The first-order valence-corrected chi connectivity index (χ1v) is 12.3. The fourth-order valence-corrected chi connectivity index (χ4v) is 7.75. The number of benzene rings is 1. The quantitative estimate of drug-likeness (QED) is 0.742. The molecule has 2 N–H and O–H groups in total. The first kappa shape index (κ1) is 21.1. The first-order chi connectivity index (χ1) is 15.8. The lowest BCUT2D eigenvalue weighted by Crippen LogP contribution is -2.59. The van der Waals surface area contributed by atoms with Gasteiger partial charge in [0.15, 0.2) is 0 Å². The molecule has 9 heteroatoms. The van der Waals surface area contributed by atoms with E-state index >= 15 is 0 Å². The summed E-state index contributed by atoms with van der Waals surface area (Å²) in [6.07, 6.45) is 4.60. The number of primary amides is 1. The lowest BCUT2D eigenvalue weighted by Gasteiger charge is -2.58. The molecule has 1 aromatic heterocycles. The SMILES string of the molecule is Cn1c(=O)n([C@H]2CCN(C(=O)OC3C4CC5CC3CC(C(N)=O)(C5)C4)C2)c2c(Cl)cccc21. The number of nitrogens with two attached hydrogens (primary N) is 1. The minimum absolute atomic E-state index is 0.129. The molecule has 2 heterocycles. The highest BCUT2D eigenvalue weighted by molar-refractivity contribution is 6.35. The summed E-state index contributed by atoms with van der Waals surface area (Å²) < 4.78 is 9.41. The van der Waals surface area contributed by atoms with Crippen molar-refractivity contribution in [2.45, 2.75) is 50.7 Å². The largest absolute Gasteiger partial charge is 0.446 e. The number of carbonyl (C=O) groups excluding carboxylic acids is 2. The predicted octanol–water partition coefficient (Wildman–Crippen LogP) is 3.06. The Morgan fingerprint density at radius 1 is 1.18 bits per heavy atom. The highest BCUT2D eigenvalue weighted by atomic mass is 35.5. The molecule has 2 amide bonds. The third-order valence-electron chi connectivity index (χ3n) is 8.79. The number of para-hydroxylation sites is 1. The van der Waals surface area contributed by atoms with Crippen molar-refractivity contribution >= 4 is 34.6 Å². The van der Waals surface area contributed by atoms with Crippen LogP contribution < -0.4 is 11.4 Å². The van der Waals surface area contributed by atoms with Gasteiger partial charge in [-0.1, -0.05) is 17.7 Å². The summed E-state index contributed by atoms with van der Waals surface area (Å²) in [4.78, 5) is 40.0. The summed E-state index contributed by atoms with van der Waals surface area (Å²) in [5.74, 6) is 0.758. The van der Waals surface area contributed by atoms with Crippen LogP contribution >= 0.6 is 11.6 Å². The monoisotopic (exact) mass is 472 g/mol. The van der Waals surface area contributed by atoms with Crippen LogP contribution in [0.2, 0.25) is 5.02 Å². The average molecular weight is 473 g/mol. The maximum Gasteiger partial charge on any atom is 0.410 e. The van der Waals surface area contributed by atoms with E-state index in [9.17, 15) is 14.4 Å². The number of hydrogen-bond acceptors (Lipinski definition) is 4. The summed E-state index contributed by atoms with van der Waals surface area (Å²) in [5.41, 5.74) is 6.75. The maximum absolute atomic E-state index is 13.1. The highest BCUT2D eigenvalue weighted by Crippen LogP contribution is 2.60. The molecule has 0 radical (unpaired) electrons. The standard InChI is InChI=1S/C24H29ClN4O4/c1-27-18-4-2-3-17(25)19(18)29(22(27)31)16-5-6-28(12-16)23(32)33-20-14-7-13-8-15(20)11-24(9-13,10-14)21(26)30/h2-4,13-16,20H,5-12H2,1H3,(H2,26,30)/t13?,14?,15?,16-,20?,24?/m0/s1. The normalized spacial score (nSPS) is 34.8. The van der Waals surface area contributed by atoms with E-state index in [0.717, 1.165) is 37.6 Å². The lowest BCUT2D eigenvalue weighted by molar-refractivity contribution is -0.161. The minimum Gasteiger partial charge on any atom is -0.446 e. The van der Waals surface area contributed by atoms with Crippen LogP contribution in [0.15, 0.2) is 23.0 Å². The number of imidazole rings is 1. The van der Waals surface area contributed by atoms with Gasteiger partial charge in [-0.25, -0.2) is 9.59 Å². The number of halogens is 1. The van der Waals surface area contributed by atoms with Gasteiger partial charge in [-0.05, 0) is 68.4 Å². The number of hydrogen-bond donors (Lipinski definition) is 1. The van der Waals surface area contributed by atoms with Gasteiger partial charge in [-0.2, -0.15) is 0 Å². The summed E-state index contributed by atoms with van der Waals surface area (Å²) in [6.45, 7) is 0.950. The fraction of sp³-hybridized carbons (Fsp3) is 0.625. The topological polar surface area (TPSA) is 99.6 Å². The number of ether oxygens (including phenoxy) is 1. The van der Waals surface area contributed by atoms with Crippen molar-refractivity contribution in [1.82, 2.24) is 14.0 Å². The van der Waals surface area contributed by atoms with Crippen molar-refractivity contribution < 1.29 is 14.3 Å². The van der Waals surface area contributed by atoms with Gasteiger partial charge in [0.05, 0.1) is 27.5 Å². The molecular formula is C24H29ClN4O4. The van der Waals surface area contributed by atoms with Gasteiger partial charge in [0.1, 0.15) is 6.10 Å². The Balaban J connectivity index is 1.19. The molecule has 3 atom stereocenters. The molecule has 4 aliphatic carbocycles. The van der Waals surface area contributed by atoms with Crippen LogP contribution in [0.4, 0.5) is 4.79 Å². The molecule has 8 nitrogen and oxygen atoms in total. The Hall–Kier alpha value is -2.48. The van der Waals surface area contributed by atoms with E-state index < -0.39 is 5.41 Å². The molecule has 2 aromatic rings. The van der Waals surface area contributed by atoms with Crippen LogP contribution in [0.25, 0.3) is 11.0 Å². The second-order valence-electron chi connectivity index (χ2n) is 10.7. The summed E-state index contributed by atoms with van der Waals surface area (Å²) >= 11 is 6.45. The van der Waals surface area contributed by atoms with Crippen molar-refractivity contribution in [3.63, 3.8) is 0 Å². The molecular weight excluding hydrogens is 444 g/mol. The van der Waals surface area contributed by atoms with Crippen molar-refractivity contribution in [1.29, 1.82) is 0 Å². The Morgan fingerprint density at radius 3 is 2.61 bits per heavy atom. The first-order valence-electron chi connectivity index (χ1n) is 11.9. The zero-order valence-corrected chi connectivity index (χ0v) is 19.5. The van der Waals surface area contributed by atoms with E-state index in [1.165, 1.54) is 0 Å². The summed E-state index contributed by atoms with van der Waals surface area (Å²) in [5, 5.41) is 0.531. The zero-order chi connectivity index (χ0) is 23.1. The molecule has 176 valence electrons.